The summed E-state index contributed by atoms with van der Waals surface area (Å²) in [5, 5.41) is 1.19. The van der Waals surface area contributed by atoms with Gasteiger partial charge in [-0.3, -0.25) is 14.0 Å². The van der Waals surface area contributed by atoms with Crippen molar-refractivity contribution in [3.63, 3.8) is 0 Å². The number of aromatic nitrogens is 4. The van der Waals surface area contributed by atoms with Crippen LogP contribution in [0.15, 0.2) is 16.9 Å². The Morgan fingerprint density at radius 3 is 2.79 bits per heavy atom. The number of imidazole rings is 1. The molecule has 0 aromatic carbocycles. The largest absolute Gasteiger partial charge is 0.356 e. The van der Waals surface area contributed by atoms with Gasteiger partial charge in [0, 0.05) is 57.6 Å². The average Bonchev–Trinajstić information content (AvgIpc) is 3.24. The van der Waals surface area contributed by atoms with E-state index < -0.39 is 0 Å². The second kappa shape index (κ2) is 8.55. The van der Waals surface area contributed by atoms with Crippen molar-refractivity contribution in [3.05, 3.63) is 38.2 Å². The summed E-state index contributed by atoms with van der Waals surface area (Å²) in [6.45, 7) is 14.6. The first-order chi connectivity index (χ1) is 15.7. The first-order valence-electron chi connectivity index (χ1n) is 12.2. The van der Waals surface area contributed by atoms with Gasteiger partial charge < -0.3 is 4.90 Å². The molecule has 5 heterocycles. The molecule has 0 aliphatic carbocycles. The summed E-state index contributed by atoms with van der Waals surface area (Å²) in [5.41, 5.74) is 3.08. The number of thiazole rings is 1. The molecule has 0 saturated carbocycles. The van der Waals surface area contributed by atoms with Gasteiger partial charge in [0.15, 0.2) is 5.65 Å². The van der Waals surface area contributed by atoms with Gasteiger partial charge in [0.25, 0.3) is 0 Å². The molecule has 0 radical (unpaired) electrons. The third kappa shape index (κ3) is 4.60. The third-order valence-corrected chi connectivity index (χ3v) is 7.87. The Balaban J connectivity index is 1.32. The zero-order valence-electron chi connectivity index (χ0n) is 20.6. The summed E-state index contributed by atoms with van der Waals surface area (Å²) in [7, 11) is 1.84. The van der Waals surface area contributed by atoms with Gasteiger partial charge in [-0.2, -0.15) is 0 Å². The highest BCUT2D eigenvalue weighted by Gasteiger charge is 2.27. The van der Waals surface area contributed by atoms with Gasteiger partial charge in [-0.25, -0.2) is 14.8 Å². The Bertz CT molecular complexity index is 1220. The Hall–Kier alpha value is -2.19. The second-order valence-corrected chi connectivity index (χ2v) is 12.3. The number of aryl methyl sites for hydroxylation is 2. The van der Waals surface area contributed by atoms with Crippen molar-refractivity contribution in [2.24, 2.45) is 18.4 Å². The molecule has 5 rings (SSSR count). The highest BCUT2D eigenvalue weighted by atomic mass is 32.1. The smallest absolute Gasteiger partial charge is 0.330 e. The van der Waals surface area contributed by atoms with Crippen LogP contribution in [0.5, 0.6) is 0 Å². The molecule has 8 heteroatoms. The maximum absolute atomic E-state index is 12.9. The average molecular weight is 469 g/mol. The second-order valence-electron chi connectivity index (χ2n) is 11.0. The Morgan fingerprint density at radius 2 is 2.00 bits per heavy atom. The van der Waals surface area contributed by atoms with E-state index in [2.05, 4.69) is 49.6 Å². The number of hydrogen-bond donors (Lipinski definition) is 0. The van der Waals surface area contributed by atoms with Gasteiger partial charge in [-0.1, -0.05) is 20.8 Å². The fourth-order valence-corrected chi connectivity index (χ4v) is 6.41. The maximum atomic E-state index is 12.9. The molecule has 3 aromatic heterocycles. The molecule has 7 nitrogen and oxygen atoms in total. The normalized spacial score (nSPS) is 19.9. The first kappa shape index (κ1) is 22.6. The van der Waals surface area contributed by atoms with Crippen LogP contribution in [0.2, 0.25) is 0 Å². The summed E-state index contributed by atoms with van der Waals surface area (Å²) in [6.07, 6.45) is 3.53. The van der Waals surface area contributed by atoms with Crippen LogP contribution in [0.4, 0.5) is 5.82 Å². The molecular weight excluding hydrogens is 432 g/mol. The summed E-state index contributed by atoms with van der Waals surface area (Å²) < 4.78 is 3.57. The first-order valence-corrected chi connectivity index (χ1v) is 13.0. The van der Waals surface area contributed by atoms with Gasteiger partial charge in [0.2, 0.25) is 0 Å². The molecular formula is C25H36N6OS. The Labute approximate surface area is 200 Å². The van der Waals surface area contributed by atoms with E-state index in [0.717, 1.165) is 56.1 Å². The van der Waals surface area contributed by atoms with E-state index in [1.807, 2.05) is 23.0 Å². The minimum atomic E-state index is 0.0175. The molecule has 0 spiro atoms. The number of fused-ring (bicyclic) bond motifs is 2. The lowest BCUT2D eigenvalue weighted by molar-refractivity contribution is 0.201. The Morgan fingerprint density at radius 1 is 1.18 bits per heavy atom. The SMILES string of the molecule is Cc1nc2c(s1)CN(CC1CCCN(c3ccc4c(n3)n(C)c(=O)n4CC(C)(C)C)C1)CC2. The van der Waals surface area contributed by atoms with Crippen molar-refractivity contribution in [3.8, 4) is 0 Å². The Kier molecular flexibility index (Phi) is 5.85. The quantitative estimate of drug-likeness (QED) is 0.583. The topological polar surface area (TPSA) is 59.2 Å². The van der Waals surface area contributed by atoms with Crippen LogP contribution in [0.3, 0.4) is 0 Å². The minimum absolute atomic E-state index is 0.0175. The molecule has 3 aromatic rings. The maximum Gasteiger partial charge on any atom is 0.330 e. The van der Waals surface area contributed by atoms with Crippen molar-refractivity contribution in [1.82, 2.24) is 24.0 Å². The number of anilines is 1. The molecule has 1 fully saturated rings. The van der Waals surface area contributed by atoms with Gasteiger partial charge in [-0.15, -0.1) is 11.3 Å². The highest BCUT2D eigenvalue weighted by Crippen LogP contribution is 2.28. The number of hydrogen-bond acceptors (Lipinski definition) is 6. The van der Waals surface area contributed by atoms with Gasteiger partial charge in [0.1, 0.15) is 5.82 Å². The van der Waals surface area contributed by atoms with E-state index in [0.29, 0.717) is 12.5 Å². The summed E-state index contributed by atoms with van der Waals surface area (Å²) >= 11 is 1.86. The third-order valence-electron chi connectivity index (χ3n) is 6.88. The summed E-state index contributed by atoms with van der Waals surface area (Å²) in [5.74, 6) is 1.64. The van der Waals surface area contributed by atoms with Crippen molar-refractivity contribution in [2.75, 3.05) is 31.1 Å². The molecule has 33 heavy (non-hydrogen) atoms. The van der Waals surface area contributed by atoms with Crippen LogP contribution in [-0.2, 0) is 26.6 Å². The number of rotatable bonds is 4. The lowest BCUT2D eigenvalue weighted by Crippen LogP contribution is -2.42. The standard InChI is InChI=1S/C25H36N6OS/c1-17-26-19-10-12-29(15-21(19)33-17)13-18-7-6-11-30(14-18)22-9-8-20-23(27-22)28(5)24(32)31(20)16-25(2,3)4/h8-9,18H,6-7,10-16H2,1-5H3. The van der Waals surface area contributed by atoms with E-state index in [-0.39, 0.29) is 11.1 Å². The van der Waals surface area contributed by atoms with Gasteiger partial charge >= 0.3 is 5.69 Å². The zero-order valence-corrected chi connectivity index (χ0v) is 21.4. The van der Waals surface area contributed by atoms with E-state index in [1.54, 1.807) is 4.57 Å². The van der Waals surface area contributed by atoms with E-state index in [9.17, 15) is 4.79 Å². The van der Waals surface area contributed by atoms with Crippen LogP contribution in [-0.4, -0.2) is 50.2 Å². The van der Waals surface area contributed by atoms with E-state index >= 15 is 0 Å². The molecule has 0 amide bonds. The number of piperidine rings is 1. The number of pyridine rings is 1. The molecule has 2 aliphatic heterocycles. The predicted octanol–water partition coefficient (Wildman–Crippen LogP) is 3.82. The van der Waals surface area contributed by atoms with Gasteiger partial charge in [-0.05, 0) is 43.2 Å². The fraction of sp³-hybridized carbons (Fsp3) is 0.640. The predicted molar refractivity (Wildman–Crippen MR) is 135 cm³/mol. The van der Waals surface area contributed by atoms with Crippen LogP contribution in [0, 0.1) is 18.3 Å². The van der Waals surface area contributed by atoms with Crippen molar-refractivity contribution in [2.45, 2.75) is 60.0 Å². The van der Waals surface area contributed by atoms with Crippen LogP contribution in [0.25, 0.3) is 11.2 Å². The molecule has 1 saturated heterocycles. The van der Waals surface area contributed by atoms with Crippen molar-refractivity contribution in [1.29, 1.82) is 0 Å². The van der Waals surface area contributed by atoms with Crippen molar-refractivity contribution < 1.29 is 0 Å². The highest BCUT2D eigenvalue weighted by molar-refractivity contribution is 7.11. The molecule has 178 valence electrons. The minimum Gasteiger partial charge on any atom is -0.356 e. The van der Waals surface area contributed by atoms with E-state index in [1.165, 1.54) is 28.4 Å². The lowest BCUT2D eigenvalue weighted by Gasteiger charge is -2.37. The fourth-order valence-electron chi connectivity index (χ4n) is 5.39. The summed E-state index contributed by atoms with van der Waals surface area (Å²) in [4.78, 5) is 29.0. The van der Waals surface area contributed by atoms with Crippen LogP contribution < -0.4 is 10.6 Å². The monoisotopic (exact) mass is 468 g/mol. The van der Waals surface area contributed by atoms with Crippen LogP contribution >= 0.6 is 11.3 Å². The van der Waals surface area contributed by atoms with Crippen molar-refractivity contribution >= 4 is 28.3 Å². The van der Waals surface area contributed by atoms with Crippen LogP contribution in [0.1, 0.15) is 49.2 Å². The molecule has 1 unspecified atom stereocenters. The molecule has 1 atom stereocenters. The van der Waals surface area contributed by atoms with Gasteiger partial charge in [0.05, 0.1) is 16.2 Å². The molecule has 0 N–H and O–H groups in total. The number of nitrogens with zero attached hydrogens (tertiary/aromatic N) is 6. The molecule has 2 aliphatic rings. The zero-order chi connectivity index (χ0) is 23.3. The molecule has 0 bridgehead atoms. The lowest BCUT2D eigenvalue weighted by atomic mass is 9.96. The van der Waals surface area contributed by atoms with E-state index in [4.69, 9.17) is 9.97 Å². The summed E-state index contributed by atoms with van der Waals surface area (Å²) in [6, 6.07) is 4.20.